The van der Waals surface area contributed by atoms with E-state index in [9.17, 15) is 34.5 Å². The van der Waals surface area contributed by atoms with Gasteiger partial charge in [-0.1, -0.05) is 51.0 Å². The van der Waals surface area contributed by atoms with Gasteiger partial charge in [-0.15, -0.1) is 0 Å². The van der Waals surface area contributed by atoms with Gasteiger partial charge in [-0.3, -0.25) is 9.59 Å². The summed E-state index contributed by atoms with van der Waals surface area (Å²) in [5.41, 5.74) is -1.16. The molecule has 4 aliphatic heterocycles. The molecule has 0 aromatic rings. The van der Waals surface area contributed by atoms with Gasteiger partial charge in [-0.2, -0.15) is 0 Å². The van der Waals surface area contributed by atoms with Gasteiger partial charge in [0.05, 0.1) is 74.2 Å². The van der Waals surface area contributed by atoms with Crippen LogP contribution in [-0.2, 0) is 52.3 Å². The quantitative estimate of drug-likeness (QED) is 0.155. The van der Waals surface area contributed by atoms with Crippen molar-refractivity contribution in [3.05, 3.63) is 35.5 Å². The summed E-state index contributed by atoms with van der Waals surface area (Å²) in [5.74, 6) is -4.23. The van der Waals surface area contributed by atoms with Crippen molar-refractivity contribution in [1.82, 2.24) is 0 Å². The number of cyclic esters (lactones) is 1. The first-order valence-corrected chi connectivity index (χ1v) is 19.7. The number of aliphatic hydroxyl groups excluding tert-OH is 2. The first kappa shape index (κ1) is 45.6. The summed E-state index contributed by atoms with van der Waals surface area (Å²) >= 11 is 0. The molecular formula is C42H64O14. The Morgan fingerprint density at radius 1 is 0.875 bits per heavy atom. The molecule has 0 spiro atoms. The minimum atomic E-state index is -1.96. The van der Waals surface area contributed by atoms with E-state index in [1.165, 1.54) is 33.3 Å². The topological polar surface area (TPSA) is 194 Å². The summed E-state index contributed by atoms with van der Waals surface area (Å²) in [6.07, 6.45) is 0.437. The average molecular weight is 793 g/mol. The van der Waals surface area contributed by atoms with Gasteiger partial charge in [0, 0.05) is 43.3 Å². The zero-order chi connectivity index (χ0) is 41.8. The number of carbonyl (C=O) groups is 4. The normalized spacial score (nSPS) is 36.7. The highest BCUT2D eigenvalue weighted by atomic mass is 16.6. The molecule has 14 heteroatoms. The maximum absolute atomic E-state index is 13.3. The van der Waals surface area contributed by atoms with Crippen molar-refractivity contribution < 1.29 is 67.7 Å². The number of aliphatic hydroxyl groups is 3. The molecule has 3 unspecified atom stereocenters. The molecule has 3 fully saturated rings. The Balaban J connectivity index is 1.79. The van der Waals surface area contributed by atoms with Crippen LogP contribution in [0.3, 0.4) is 0 Å². The minimum absolute atomic E-state index is 0.0877. The number of ether oxygens (including phenoxy) is 7. The lowest BCUT2D eigenvalue weighted by molar-refractivity contribution is -0.349. The summed E-state index contributed by atoms with van der Waals surface area (Å²) in [6.45, 7) is 14.2. The van der Waals surface area contributed by atoms with Crippen molar-refractivity contribution in [1.29, 1.82) is 0 Å². The molecule has 14 nitrogen and oxygen atoms in total. The molecule has 0 aromatic heterocycles. The van der Waals surface area contributed by atoms with Crippen LogP contribution in [0.1, 0.15) is 113 Å². The van der Waals surface area contributed by atoms with Crippen LogP contribution in [-0.4, -0.2) is 114 Å². The van der Waals surface area contributed by atoms with Gasteiger partial charge in [0.2, 0.25) is 0 Å². The third-order valence-electron chi connectivity index (χ3n) is 11.5. The SMILES string of the molecule is COC(=O)/C=C1/CC2CC([C@@H](C)O)OC(=O)C[C@H](O)C[C@@H]3C[C@H](OC(=O)C(C)(C)C)C(C)(C)[C@](O)(C[C@@H]4C/C(=C/C(=O)OC)C[C@H](/C=C/C(C)(C)C(C1)O2)O4)O3. The zero-order valence-corrected chi connectivity index (χ0v) is 34.7. The molecule has 4 rings (SSSR count). The van der Waals surface area contributed by atoms with Crippen molar-refractivity contribution >= 4 is 23.9 Å². The van der Waals surface area contributed by atoms with E-state index in [0.29, 0.717) is 19.3 Å². The second-order valence-electron chi connectivity index (χ2n) is 18.1. The van der Waals surface area contributed by atoms with Gasteiger partial charge in [-0.05, 0) is 53.4 Å². The van der Waals surface area contributed by atoms with Crippen LogP contribution >= 0.6 is 0 Å². The number of carbonyl (C=O) groups excluding carboxylic acids is 4. The van der Waals surface area contributed by atoms with E-state index in [-0.39, 0.29) is 32.1 Å². The Morgan fingerprint density at radius 2 is 1.48 bits per heavy atom. The van der Waals surface area contributed by atoms with Gasteiger partial charge in [0.15, 0.2) is 5.79 Å². The Kier molecular flexibility index (Phi) is 14.8. The van der Waals surface area contributed by atoms with Crippen LogP contribution in [0.25, 0.3) is 0 Å². The van der Waals surface area contributed by atoms with E-state index in [2.05, 4.69) is 0 Å². The number of hydrogen-bond donors (Lipinski definition) is 3. The second kappa shape index (κ2) is 18.2. The number of methoxy groups -OCH3 is 2. The third kappa shape index (κ3) is 11.7. The van der Waals surface area contributed by atoms with Crippen LogP contribution in [0.5, 0.6) is 0 Å². The monoisotopic (exact) mass is 792 g/mol. The molecule has 6 bridgehead atoms. The summed E-state index contributed by atoms with van der Waals surface area (Å²) in [5, 5.41) is 34.5. The molecule has 0 aliphatic carbocycles. The predicted octanol–water partition coefficient (Wildman–Crippen LogP) is 4.55. The average Bonchev–Trinajstić information content (AvgIpc) is 3.08. The standard InChI is InChI=1S/C42H64O14/c1-24(43)32-21-29-14-26(18-36(46)51-10)16-33(53-29)40(5,6)12-11-28-13-25(17-35(45)50-9)15-31(52-28)23-42(49)41(7,8)34(55-38(48)39(2,3)4)22-30(56-42)19-27(44)20-37(47)54-32/h11-12,17-18,24,27-34,43-44,49H,13-16,19-23H2,1-10H3/b12-11+,25-17+,26-18-/t24-,27-,28+,29?,30-,31+,32?,33?,34+,42+/m1/s1. The smallest absolute Gasteiger partial charge is 0.330 e. The van der Waals surface area contributed by atoms with Crippen LogP contribution in [0, 0.1) is 16.2 Å². The first-order chi connectivity index (χ1) is 25.9. The van der Waals surface area contributed by atoms with Crippen LogP contribution in [0.2, 0.25) is 0 Å². The maximum atomic E-state index is 13.3. The van der Waals surface area contributed by atoms with Crippen LogP contribution in [0.4, 0.5) is 0 Å². The van der Waals surface area contributed by atoms with Gasteiger partial charge < -0.3 is 48.5 Å². The summed E-state index contributed by atoms with van der Waals surface area (Å²) < 4.78 is 41.3. The summed E-state index contributed by atoms with van der Waals surface area (Å²) in [4.78, 5) is 51.4. The fraction of sp³-hybridized carbons (Fsp3) is 0.762. The molecule has 0 aromatic carbocycles. The number of rotatable bonds is 4. The minimum Gasteiger partial charge on any atom is -0.466 e. The predicted molar refractivity (Wildman–Crippen MR) is 203 cm³/mol. The Hall–Kier alpha value is -3.14. The molecule has 10 atom stereocenters. The zero-order valence-electron chi connectivity index (χ0n) is 34.7. The lowest BCUT2D eigenvalue weighted by atomic mass is 9.70. The molecule has 316 valence electrons. The van der Waals surface area contributed by atoms with E-state index < -0.39 is 107 Å². The van der Waals surface area contributed by atoms with Crippen LogP contribution in [0.15, 0.2) is 35.5 Å². The maximum Gasteiger partial charge on any atom is 0.330 e. The van der Waals surface area contributed by atoms with Crippen molar-refractivity contribution in [3.8, 4) is 0 Å². The molecule has 0 radical (unpaired) electrons. The van der Waals surface area contributed by atoms with E-state index in [0.717, 1.165) is 11.1 Å². The largest absolute Gasteiger partial charge is 0.466 e. The van der Waals surface area contributed by atoms with E-state index >= 15 is 0 Å². The van der Waals surface area contributed by atoms with Gasteiger partial charge in [0.25, 0.3) is 0 Å². The summed E-state index contributed by atoms with van der Waals surface area (Å²) in [7, 11) is 2.60. The Labute approximate surface area is 330 Å². The third-order valence-corrected chi connectivity index (χ3v) is 11.5. The molecule has 3 N–H and O–H groups in total. The first-order valence-electron chi connectivity index (χ1n) is 19.7. The lowest BCUT2D eigenvalue weighted by Gasteiger charge is -2.54. The van der Waals surface area contributed by atoms with E-state index in [1.54, 1.807) is 34.6 Å². The molecule has 56 heavy (non-hydrogen) atoms. The van der Waals surface area contributed by atoms with Crippen molar-refractivity contribution in [2.45, 2.75) is 174 Å². The van der Waals surface area contributed by atoms with Crippen molar-refractivity contribution in [3.63, 3.8) is 0 Å². The Morgan fingerprint density at radius 3 is 2.07 bits per heavy atom. The molecular weight excluding hydrogens is 728 g/mol. The second-order valence-corrected chi connectivity index (χ2v) is 18.1. The van der Waals surface area contributed by atoms with Gasteiger partial charge in [0.1, 0.15) is 12.2 Å². The number of fused-ring (bicyclic) bond motifs is 6. The highest BCUT2D eigenvalue weighted by molar-refractivity contribution is 5.83. The van der Waals surface area contributed by atoms with Crippen LogP contribution < -0.4 is 0 Å². The van der Waals surface area contributed by atoms with Crippen molar-refractivity contribution in [2.24, 2.45) is 16.2 Å². The van der Waals surface area contributed by atoms with Gasteiger partial charge in [-0.25, -0.2) is 9.59 Å². The fourth-order valence-corrected chi connectivity index (χ4v) is 7.81. The highest BCUT2D eigenvalue weighted by Crippen LogP contribution is 2.49. The molecule has 0 saturated carbocycles. The molecule has 3 saturated heterocycles. The fourth-order valence-electron chi connectivity index (χ4n) is 7.81. The summed E-state index contributed by atoms with van der Waals surface area (Å²) in [6, 6.07) is 0. The lowest BCUT2D eigenvalue weighted by Crippen LogP contribution is -2.62. The van der Waals surface area contributed by atoms with E-state index in [4.69, 9.17) is 33.2 Å². The number of esters is 4. The Bertz CT molecular complexity index is 1520. The number of hydrogen-bond acceptors (Lipinski definition) is 14. The van der Waals surface area contributed by atoms with Gasteiger partial charge >= 0.3 is 23.9 Å². The van der Waals surface area contributed by atoms with Crippen molar-refractivity contribution in [2.75, 3.05) is 14.2 Å². The molecule has 4 heterocycles. The molecule has 0 amide bonds. The van der Waals surface area contributed by atoms with E-state index in [1.807, 2.05) is 26.0 Å². The molecule has 4 aliphatic rings. The highest BCUT2D eigenvalue weighted by Gasteiger charge is 2.58.